The molecule has 0 saturated carbocycles. The van der Waals surface area contributed by atoms with Crippen LogP contribution in [0.5, 0.6) is 0 Å². The number of aryl methyl sites for hydroxylation is 1. The van der Waals surface area contributed by atoms with Crippen LogP contribution < -0.4 is 5.32 Å². The Hall–Kier alpha value is -1.98. The van der Waals surface area contributed by atoms with Gasteiger partial charge in [0, 0.05) is 23.9 Å². The minimum atomic E-state index is -0.529. The molecule has 4 nitrogen and oxygen atoms in total. The second kappa shape index (κ2) is 11.1. The minimum Gasteiger partial charge on any atom is -0.355 e. The van der Waals surface area contributed by atoms with Gasteiger partial charge in [-0.2, -0.15) is 0 Å². The van der Waals surface area contributed by atoms with Crippen LogP contribution in [-0.4, -0.2) is 35.1 Å². The van der Waals surface area contributed by atoms with Gasteiger partial charge < -0.3 is 10.2 Å². The van der Waals surface area contributed by atoms with E-state index < -0.39 is 6.04 Å². The smallest absolute Gasteiger partial charge is 0.242 e. The molecule has 1 N–H and O–H groups in total. The van der Waals surface area contributed by atoms with Crippen molar-refractivity contribution in [2.75, 3.05) is 12.3 Å². The number of hydrogen-bond donors (Lipinski definition) is 1. The second-order valence-electron chi connectivity index (χ2n) is 6.64. The van der Waals surface area contributed by atoms with Crippen molar-refractivity contribution in [3.05, 3.63) is 70.2 Å². The molecule has 0 saturated heterocycles. The predicted octanol–water partition coefficient (Wildman–Crippen LogP) is 4.44. The molecule has 0 radical (unpaired) electrons. The molecule has 0 aliphatic carbocycles. The Morgan fingerprint density at radius 2 is 1.93 bits per heavy atom. The molecule has 0 bridgehead atoms. The highest BCUT2D eigenvalue weighted by Gasteiger charge is 2.26. The van der Waals surface area contributed by atoms with Gasteiger partial charge in [0.05, 0.1) is 5.75 Å². The molecule has 150 valence electrons. The van der Waals surface area contributed by atoms with E-state index in [0.717, 1.165) is 16.7 Å². The average Bonchev–Trinajstić information content (AvgIpc) is 2.67. The van der Waals surface area contributed by atoms with Crippen molar-refractivity contribution in [1.29, 1.82) is 0 Å². The molecule has 2 rings (SSSR count). The molecular formula is C22H27ClN2O2S. The maximum absolute atomic E-state index is 13.0. The first kappa shape index (κ1) is 22.3. The number of nitrogens with one attached hydrogen (secondary N) is 1. The first-order valence-corrected chi connectivity index (χ1v) is 10.9. The fraction of sp³-hybridized carbons (Fsp3) is 0.364. The highest BCUT2D eigenvalue weighted by Crippen LogP contribution is 2.19. The van der Waals surface area contributed by atoms with E-state index in [1.807, 2.05) is 62.4 Å². The SMILES string of the molecule is CCNC(=O)[C@H](C)N(Cc1ccccc1C)C(=O)CSCc1cccc(Cl)c1. The zero-order chi connectivity index (χ0) is 20.5. The summed E-state index contributed by atoms with van der Waals surface area (Å²) in [4.78, 5) is 27.0. The first-order chi connectivity index (χ1) is 13.4. The predicted molar refractivity (Wildman–Crippen MR) is 117 cm³/mol. The van der Waals surface area contributed by atoms with E-state index in [2.05, 4.69) is 5.32 Å². The van der Waals surface area contributed by atoms with Crippen LogP contribution in [0.25, 0.3) is 0 Å². The summed E-state index contributed by atoms with van der Waals surface area (Å²) in [5.41, 5.74) is 3.23. The number of halogens is 1. The number of carbonyl (C=O) groups is 2. The van der Waals surface area contributed by atoms with E-state index in [1.165, 1.54) is 11.8 Å². The zero-order valence-corrected chi connectivity index (χ0v) is 18.1. The zero-order valence-electron chi connectivity index (χ0n) is 16.6. The van der Waals surface area contributed by atoms with E-state index in [9.17, 15) is 9.59 Å². The number of likely N-dealkylation sites (N-methyl/N-ethyl adjacent to an activating group) is 1. The number of hydrogen-bond acceptors (Lipinski definition) is 3. The molecule has 0 aliphatic rings. The molecule has 0 unspecified atom stereocenters. The third-order valence-corrected chi connectivity index (χ3v) is 5.73. The summed E-state index contributed by atoms with van der Waals surface area (Å²) in [6.45, 7) is 6.63. The first-order valence-electron chi connectivity index (χ1n) is 9.36. The van der Waals surface area contributed by atoms with E-state index in [1.54, 1.807) is 11.8 Å². The number of benzene rings is 2. The van der Waals surface area contributed by atoms with Gasteiger partial charge in [0.15, 0.2) is 0 Å². The van der Waals surface area contributed by atoms with Gasteiger partial charge in [-0.05, 0) is 49.6 Å². The molecule has 28 heavy (non-hydrogen) atoms. The second-order valence-corrected chi connectivity index (χ2v) is 8.06. The molecule has 0 aromatic heterocycles. The number of nitrogens with zero attached hydrogens (tertiary/aromatic N) is 1. The number of amides is 2. The van der Waals surface area contributed by atoms with E-state index in [-0.39, 0.29) is 11.8 Å². The largest absolute Gasteiger partial charge is 0.355 e. The monoisotopic (exact) mass is 418 g/mol. The number of carbonyl (C=O) groups excluding carboxylic acids is 2. The van der Waals surface area contributed by atoms with Crippen molar-refractivity contribution in [3.63, 3.8) is 0 Å². The Kier molecular flexibility index (Phi) is 8.87. The molecule has 2 aromatic carbocycles. The lowest BCUT2D eigenvalue weighted by atomic mass is 10.1. The van der Waals surface area contributed by atoms with E-state index >= 15 is 0 Å². The maximum Gasteiger partial charge on any atom is 0.242 e. The van der Waals surface area contributed by atoms with Crippen LogP contribution in [0.1, 0.15) is 30.5 Å². The van der Waals surface area contributed by atoms with Crippen LogP contribution in [-0.2, 0) is 21.9 Å². The Labute approximate surface area is 176 Å². The van der Waals surface area contributed by atoms with Crippen molar-refractivity contribution >= 4 is 35.2 Å². The van der Waals surface area contributed by atoms with Crippen LogP contribution in [0.15, 0.2) is 48.5 Å². The molecule has 2 amide bonds. The minimum absolute atomic E-state index is 0.0472. The summed E-state index contributed by atoms with van der Waals surface area (Å²) in [5.74, 6) is 0.820. The fourth-order valence-corrected chi connectivity index (χ4v) is 3.91. The summed E-state index contributed by atoms with van der Waals surface area (Å²) in [6, 6.07) is 15.0. The molecular weight excluding hydrogens is 392 g/mol. The summed E-state index contributed by atoms with van der Waals surface area (Å²) in [6.07, 6.45) is 0. The Morgan fingerprint density at radius 1 is 1.18 bits per heavy atom. The van der Waals surface area contributed by atoms with Gasteiger partial charge in [0.2, 0.25) is 11.8 Å². The van der Waals surface area contributed by atoms with Crippen molar-refractivity contribution in [3.8, 4) is 0 Å². The lowest BCUT2D eigenvalue weighted by molar-refractivity contribution is -0.138. The average molecular weight is 419 g/mol. The third kappa shape index (κ3) is 6.57. The van der Waals surface area contributed by atoms with Gasteiger partial charge in [0.25, 0.3) is 0 Å². The molecule has 0 spiro atoms. The molecule has 0 aliphatic heterocycles. The summed E-state index contributed by atoms with van der Waals surface area (Å²) < 4.78 is 0. The quantitative estimate of drug-likeness (QED) is 0.655. The maximum atomic E-state index is 13.0. The van der Waals surface area contributed by atoms with Crippen molar-refractivity contribution in [2.24, 2.45) is 0 Å². The van der Waals surface area contributed by atoms with Crippen molar-refractivity contribution < 1.29 is 9.59 Å². The van der Waals surface area contributed by atoms with E-state index in [0.29, 0.717) is 29.6 Å². The van der Waals surface area contributed by atoms with Crippen LogP contribution in [0.3, 0.4) is 0 Å². The fourth-order valence-electron chi connectivity index (χ4n) is 2.84. The lowest BCUT2D eigenvalue weighted by Crippen LogP contribution is -2.48. The standard InChI is InChI=1S/C22H27ClN2O2S/c1-4-24-22(27)17(3)25(13-19-10-6-5-8-16(19)2)21(26)15-28-14-18-9-7-11-20(23)12-18/h5-12,17H,4,13-15H2,1-3H3,(H,24,27)/t17-/m0/s1. The normalized spacial score (nSPS) is 11.7. The van der Waals surface area contributed by atoms with Gasteiger partial charge in [-0.25, -0.2) is 0 Å². The molecule has 6 heteroatoms. The number of thioether (sulfide) groups is 1. The molecule has 2 aromatic rings. The molecule has 1 atom stereocenters. The topological polar surface area (TPSA) is 49.4 Å². The van der Waals surface area contributed by atoms with Gasteiger partial charge in [-0.3, -0.25) is 9.59 Å². The van der Waals surface area contributed by atoms with Crippen molar-refractivity contribution in [1.82, 2.24) is 10.2 Å². The Bertz CT molecular complexity index is 813. The Balaban J connectivity index is 2.07. The van der Waals surface area contributed by atoms with Gasteiger partial charge in [0.1, 0.15) is 6.04 Å². The lowest BCUT2D eigenvalue weighted by Gasteiger charge is -2.29. The summed E-state index contributed by atoms with van der Waals surface area (Å²) in [5, 5.41) is 3.51. The van der Waals surface area contributed by atoms with Crippen LogP contribution in [0.2, 0.25) is 5.02 Å². The van der Waals surface area contributed by atoms with Gasteiger partial charge in [-0.1, -0.05) is 48.0 Å². The molecule has 0 heterocycles. The summed E-state index contributed by atoms with van der Waals surface area (Å²) >= 11 is 7.55. The van der Waals surface area contributed by atoms with Gasteiger partial charge in [-0.15, -0.1) is 11.8 Å². The van der Waals surface area contributed by atoms with Crippen molar-refractivity contribution in [2.45, 2.75) is 39.1 Å². The summed E-state index contributed by atoms with van der Waals surface area (Å²) in [7, 11) is 0. The van der Waals surface area contributed by atoms with Gasteiger partial charge >= 0.3 is 0 Å². The third-order valence-electron chi connectivity index (χ3n) is 4.50. The van der Waals surface area contributed by atoms with E-state index in [4.69, 9.17) is 11.6 Å². The molecule has 0 fully saturated rings. The van der Waals surface area contributed by atoms with Crippen LogP contribution >= 0.6 is 23.4 Å². The highest BCUT2D eigenvalue weighted by molar-refractivity contribution is 7.99. The van der Waals surface area contributed by atoms with Crippen LogP contribution in [0, 0.1) is 6.92 Å². The highest BCUT2D eigenvalue weighted by atomic mass is 35.5. The Morgan fingerprint density at radius 3 is 2.61 bits per heavy atom. The van der Waals surface area contributed by atoms with Crippen LogP contribution in [0.4, 0.5) is 0 Å². The number of rotatable bonds is 9.